The lowest BCUT2D eigenvalue weighted by molar-refractivity contribution is -0.274. The number of hydrogen-bond donors (Lipinski definition) is 0. The number of halogens is 6. The predicted octanol–water partition coefficient (Wildman–Crippen LogP) is 2.68. The van der Waals surface area contributed by atoms with Crippen LogP contribution in [0.2, 0.25) is 0 Å². The van der Waals surface area contributed by atoms with E-state index in [4.69, 9.17) is 0 Å². The van der Waals surface area contributed by atoms with Crippen molar-refractivity contribution in [1.82, 2.24) is 0 Å². The average Bonchev–Trinajstić information content (AvgIpc) is 2.00. The Bertz CT molecular complexity index is 178. The third-order valence-electron chi connectivity index (χ3n) is 1.14. The third-order valence-corrected chi connectivity index (χ3v) is 1.14. The first-order chi connectivity index (χ1) is 5.75. The van der Waals surface area contributed by atoms with Gasteiger partial charge in [0.15, 0.2) is 6.61 Å². The summed E-state index contributed by atoms with van der Waals surface area (Å²) in [6.07, 6.45) is -3.97. The highest BCUT2D eigenvalue weighted by atomic mass is 19.3. The number of alkyl halides is 6. The van der Waals surface area contributed by atoms with Crippen LogP contribution < -0.4 is 0 Å². The molecule has 13 heavy (non-hydrogen) atoms. The fourth-order valence-corrected chi connectivity index (χ4v) is 0.419. The molecule has 0 atom stereocenters. The zero-order chi connectivity index (χ0) is 10.7. The highest BCUT2D eigenvalue weighted by Gasteiger charge is 2.63. The van der Waals surface area contributed by atoms with Gasteiger partial charge in [0.25, 0.3) is 0 Å². The topological polar surface area (TPSA) is 9.23 Å². The molecule has 0 aliphatic heterocycles. The molecule has 0 N–H and O–H groups in total. The van der Waals surface area contributed by atoms with E-state index in [9.17, 15) is 26.3 Å². The SMILES string of the molecule is C=COCC(F)(F)C(F)(F)C(F)F. The third kappa shape index (κ3) is 2.53. The molecular weight excluding hydrogens is 202 g/mol. The molecule has 78 valence electrons. The fraction of sp³-hybridized carbons (Fsp3) is 0.667. The first kappa shape index (κ1) is 12.1. The number of ether oxygens (including phenoxy) is 1. The molecule has 0 unspecified atom stereocenters. The van der Waals surface area contributed by atoms with Crippen molar-refractivity contribution < 1.29 is 31.1 Å². The van der Waals surface area contributed by atoms with E-state index < -0.39 is 24.9 Å². The van der Waals surface area contributed by atoms with Gasteiger partial charge in [0.1, 0.15) is 0 Å². The summed E-state index contributed by atoms with van der Waals surface area (Å²) in [6.45, 7) is 0.977. The molecule has 0 saturated carbocycles. The Labute approximate surface area is 70.0 Å². The van der Waals surface area contributed by atoms with Crippen molar-refractivity contribution in [2.45, 2.75) is 18.3 Å². The van der Waals surface area contributed by atoms with Crippen molar-refractivity contribution in [3.63, 3.8) is 0 Å². The maximum Gasteiger partial charge on any atom is 0.372 e. The highest BCUT2D eigenvalue weighted by Crippen LogP contribution is 2.39. The minimum atomic E-state index is -5.39. The Balaban J connectivity index is 4.49. The maximum atomic E-state index is 12.2. The van der Waals surface area contributed by atoms with Crippen LogP contribution >= 0.6 is 0 Å². The van der Waals surface area contributed by atoms with E-state index in [1.807, 2.05) is 0 Å². The fourth-order valence-electron chi connectivity index (χ4n) is 0.419. The molecule has 0 saturated heterocycles. The quantitative estimate of drug-likeness (QED) is 0.498. The number of rotatable bonds is 5. The van der Waals surface area contributed by atoms with Gasteiger partial charge in [-0.1, -0.05) is 6.58 Å². The van der Waals surface area contributed by atoms with Crippen LogP contribution in [-0.4, -0.2) is 24.9 Å². The van der Waals surface area contributed by atoms with E-state index in [0.717, 1.165) is 0 Å². The van der Waals surface area contributed by atoms with Gasteiger partial charge in [-0.3, -0.25) is 0 Å². The Kier molecular flexibility index (Phi) is 3.62. The van der Waals surface area contributed by atoms with Crippen LogP contribution in [0.4, 0.5) is 26.3 Å². The van der Waals surface area contributed by atoms with Crippen LogP contribution in [0.15, 0.2) is 12.8 Å². The molecule has 0 aliphatic rings. The van der Waals surface area contributed by atoms with Crippen molar-refractivity contribution in [1.29, 1.82) is 0 Å². The normalized spacial score (nSPS) is 13.2. The number of hydrogen-bond acceptors (Lipinski definition) is 1. The smallest absolute Gasteiger partial charge is 0.372 e. The zero-order valence-electron chi connectivity index (χ0n) is 6.24. The van der Waals surface area contributed by atoms with Crippen LogP contribution in [0.3, 0.4) is 0 Å². The van der Waals surface area contributed by atoms with Crippen molar-refractivity contribution in [3.8, 4) is 0 Å². The van der Waals surface area contributed by atoms with Crippen LogP contribution in [0.25, 0.3) is 0 Å². The molecule has 0 aliphatic carbocycles. The molecule has 0 aromatic rings. The Hall–Kier alpha value is -0.880. The lowest BCUT2D eigenvalue weighted by atomic mass is 10.2. The molecule has 0 radical (unpaired) electrons. The van der Waals surface area contributed by atoms with Crippen molar-refractivity contribution in [2.75, 3.05) is 6.61 Å². The van der Waals surface area contributed by atoms with Crippen LogP contribution in [-0.2, 0) is 4.74 Å². The van der Waals surface area contributed by atoms with Gasteiger partial charge >= 0.3 is 18.3 Å². The molecule has 0 aromatic heterocycles. The van der Waals surface area contributed by atoms with Gasteiger partial charge in [-0.2, -0.15) is 17.6 Å². The monoisotopic (exact) mass is 208 g/mol. The molecule has 0 fully saturated rings. The minimum Gasteiger partial charge on any atom is -0.495 e. The van der Waals surface area contributed by atoms with Gasteiger partial charge in [0, 0.05) is 0 Å². The summed E-state index contributed by atoms with van der Waals surface area (Å²) >= 11 is 0. The standard InChI is InChI=1S/C6H6F6O/c1-2-13-3-5(9,10)6(11,12)4(7)8/h2,4H,1,3H2. The molecule has 0 rings (SSSR count). The molecule has 0 spiro atoms. The second kappa shape index (κ2) is 3.89. The summed E-state index contributed by atoms with van der Waals surface area (Å²) in [5, 5.41) is 0. The van der Waals surface area contributed by atoms with Gasteiger partial charge in [-0.25, -0.2) is 8.78 Å². The van der Waals surface area contributed by atoms with Crippen LogP contribution in [0.1, 0.15) is 0 Å². The first-order valence-corrected chi connectivity index (χ1v) is 3.02. The average molecular weight is 208 g/mol. The Morgan fingerprint density at radius 2 is 1.69 bits per heavy atom. The van der Waals surface area contributed by atoms with Crippen molar-refractivity contribution in [2.24, 2.45) is 0 Å². The Morgan fingerprint density at radius 3 is 2.00 bits per heavy atom. The van der Waals surface area contributed by atoms with Gasteiger partial charge in [0.2, 0.25) is 0 Å². The summed E-state index contributed by atoms with van der Waals surface area (Å²) in [5.41, 5.74) is 0. The van der Waals surface area contributed by atoms with Gasteiger partial charge in [0.05, 0.1) is 6.26 Å². The van der Waals surface area contributed by atoms with E-state index in [2.05, 4.69) is 11.3 Å². The summed E-state index contributed by atoms with van der Waals surface area (Å²) in [7, 11) is 0. The largest absolute Gasteiger partial charge is 0.495 e. The summed E-state index contributed by atoms with van der Waals surface area (Å²) in [4.78, 5) is 0. The van der Waals surface area contributed by atoms with Crippen molar-refractivity contribution in [3.05, 3.63) is 12.8 Å². The summed E-state index contributed by atoms with van der Waals surface area (Å²) in [6, 6.07) is 0. The zero-order valence-corrected chi connectivity index (χ0v) is 6.24. The predicted molar refractivity (Wildman–Crippen MR) is 32.0 cm³/mol. The van der Waals surface area contributed by atoms with Crippen LogP contribution in [0.5, 0.6) is 0 Å². The van der Waals surface area contributed by atoms with Gasteiger partial charge in [-0.15, -0.1) is 0 Å². The minimum absolute atomic E-state index is 0.468. The lowest BCUT2D eigenvalue weighted by Crippen LogP contribution is -2.49. The van der Waals surface area contributed by atoms with Gasteiger partial charge < -0.3 is 4.74 Å². The molecule has 0 amide bonds. The molecule has 0 aromatic carbocycles. The highest BCUT2D eigenvalue weighted by molar-refractivity contribution is 4.87. The van der Waals surface area contributed by atoms with E-state index in [0.29, 0.717) is 6.26 Å². The van der Waals surface area contributed by atoms with Crippen LogP contribution in [0, 0.1) is 0 Å². The molecule has 1 nitrogen and oxygen atoms in total. The maximum absolute atomic E-state index is 12.2. The second-order valence-corrected chi connectivity index (χ2v) is 2.11. The molecule has 7 heteroatoms. The molecule has 0 bridgehead atoms. The van der Waals surface area contributed by atoms with E-state index in [1.54, 1.807) is 0 Å². The molecular formula is C6H6F6O. The molecule has 0 heterocycles. The van der Waals surface area contributed by atoms with Crippen molar-refractivity contribution >= 4 is 0 Å². The Morgan fingerprint density at radius 1 is 1.23 bits per heavy atom. The summed E-state index contributed by atoms with van der Waals surface area (Å²) < 4.78 is 75.1. The van der Waals surface area contributed by atoms with E-state index in [-0.39, 0.29) is 0 Å². The second-order valence-electron chi connectivity index (χ2n) is 2.11. The summed E-state index contributed by atoms with van der Waals surface area (Å²) in [5.74, 6) is -10.3. The van der Waals surface area contributed by atoms with Gasteiger partial charge in [-0.05, 0) is 0 Å². The van der Waals surface area contributed by atoms with E-state index in [1.165, 1.54) is 0 Å². The lowest BCUT2D eigenvalue weighted by Gasteiger charge is -2.24. The first-order valence-electron chi connectivity index (χ1n) is 3.02. The van der Waals surface area contributed by atoms with E-state index >= 15 is 0 Å².